The number of halogens is 2. The van der Waals surface area contributed by atoms with Crippen molar-refractivity contribution in [1.82, 2.24) is 4.90 Å². The quantitative estimate of drug-likeness (QED) is 0.697. The maximum absolute atomic E-state index is 12.2. The van der Waals surface area contributed by atoms with Crippen LogP contribution >= 0.6 is 23.2 Å². The van der Waals surface area contributed by atoms with Crippen molar-refractivity contribution in [3.8, 4) is 0 Å². The summed E-state index contributed by atoms with van der Waals surface area (Å²) in [5.74, 6) is 0.0542. The molecule has 2 nitrogen and oxygen atoms in total. The van der Waals surface area contributed by atoms with Gasteiger partial charge in [-0.05, 0) is 44.1 Å². The summed E-state index contributed by atoms with van der Waals surface area (Å²) in [6.45, 7) is 6.52. The molecule has 100 valence electrons. The molecule has 0 spiro atoms. The van der Waals surface area contributed by atoms with Crippen LogP contribution in [0.1, 0.15) is 37.0 Å². The lowest BCUT2D eigenvalue weighted by atomic mass is 10.1. The molecule has 0 aliphatic carbocycles. The van der Waals surface area contributed by atoms with Crippen LogP contribution in [0.15, 0.2) is 18.2 Å². The molecule has 0 saturated carbocycles. The van der Waals surface area contributed by atoms with Crippen LogP contribution < -0.4 is 0 Å². The van der Waals surface area contributed by atoms with Gasteiger partial charge in [0.2, 0.25) is 0 Å². The van der Waals surface area contributed by atoms with E-state index in [1.54, 1.807) is 18.2 Å². The molecule has 1 aromatic rings. The molecule has 0 aliphatic rings. The summed E-state index contributed by atoms with van der Waals surface area (Å²) in [5, 5.41) is 0.982. The highest BCUT2D eigenvalue weighted by Crippen LogP contribution is 2.21. The Morgan fingerprint density at radius 3 is 2.28 bits per heavy atom. The fourth-order valence-corrected chi connectivity index (χ4v) is 2.42. The van der Waals surface area contributed by atoms with E-state index in [2.05, 4.69) is 18.7 Å². The summed E-state index contributed by atoms with van der Waals surface area (Å²) >= 11 is 11.9. The Bertz CT molecular complexity index is 401. The van der Waals surface area contributed by atoms with Crippen molar-refractivity contribution in [3.63, 3.8) is 0 Å². The molecular weight excluding hydrogens is 269 g/mol. The topological polar surface area (TPSA) is 20.3 Å². The van der Waals surface area contributed by atoms with Crippen LogP contribution in [0.4, 0.5) is 0 Å². The van der Waals surface area contributed by atoms with Crippen molar-refractivity contribution in [1.29, 1.82) is 0 Å². The second kappa shape index (κ2) is 7.78. The fraction of sp³-hybridized carbons (Fsp3) is 0.500. The molecular formula is C14H19Cl2NO. The summed E-state index contributed by atoms with van der Waals surface area (Å²) < 4.78 is 0. The Morgan fingerprint density at radius 1 is 1.17 bits per heavy atom. The van der Waals surface area contributed by atoms with Gasteiger partial charge in [-0.1, -0.05) is 37.0 Å². The van der Waals surface area contributed by atoms with Gasteiger partial charge < -0.3 is 0 Å². The zero-order valence-corrected chi connectivity index (χ0v) is 12.4. The third kappa shape index (κ3) is 4.60. The second-order valence-corrected chi connectivity index (χ2v) is 5.17. The zero-order chi connectivity index (χ0) is 13.5. The van der Waals surface area contributed by atoms with Crippen molar-refractivity contribution in [3.05, 3.63) is 33.8 Å². The highest BCUT2D eigenvalue weighted by molar-refractivity contribution is 6.36. The third-order valence-electron chi connectivity index (χ3n) is 2.68. The van der Waals surface area contributed by atoms with Crippen LogP contribution in [0.3, 0.4) is 0 Å². The van der Waals surface area contributed by atoms with Crippen molar-refractivity contribution in [2.75, 3.05) is 19.6 Å². The van der Waals surface area contributed by atoms with Gasteiger partial charge in [0.1, 0.15) is 0 Å². The predicted molar refractivity (Wildman–Crippen MR) is 77.8 cm³/mol. The van der Waals surface area contributed by atoms with E-state index < -0.39 is 0 Å². The van der Waals surface area contributed by atoms with Crippen LogP contribution in [0, 0.1) is 0 Å². The van der Waals surface area contributed by atoms with E-state index >= 15 is 0 Å². The summed E-state index contributed by atoms with van der Waals surface area (Å²) in [5.41, 5.74) is 0.554. The van der Waals surface area contributed by atoms with Gasteiger partial charge in [-0.3, -0.25) is 9.69 Å². The van der Waals surface area contributed by atoms with Gasteiger partial charge in [0.05, 0.1) is 11.6 Å². The number of carbonyl (C=O) groups is 1. The number of ketones is 1. The number of nitrogens with zero attached hydrogens (tertiary/aromatic N) is 1. The SMILES string of the molecule is CCCN(CCC)CC(=O)c1ccc(Cl)cc1Cl. The molecule has 0 aromatic heterocycles. The number of rotatable bonds is 7. The van der Waals surface area contributed by atoms with E-state index in [9.17, 15) is 4.79 Å². The first-order valence-electron chi connectivity index (χ1n) is 6.29. The average Bonchev–Trinajstić information content (AvgIpc) is 2.29. The molecule has 0 N–H and O–H groups in total. The van der Waals surface area contributed by atoms with Gasteiger partial charge in [0.15, 0.2) is 5.78 Å². The molecule has 0 unspecified atom stereocenters. The standard InChI is InChI=1S/C14H19Cl2NO/c1-3-7-17(8-4-2)10-14(18)12-6-5-11(15)9-13(12)16/h5-6,9H,3-4,7-8,10H2,1-2H3. The summed E-state index contributed by atoms with van der Waals surface area (Å²) in [4.78, 5) is 14.3. The molecule has 1 rings (SSSR count). The first-order valence-corrected chi connectivity index (χ1v) is 7.04. The van der Waals surface area contributed by atoms with Gasteiger partial charge in [0.25, 0.3) is 0 Å². The molecule has 0 bridgehead atoms. The van der Waals surface area contributed by atoms with Gasteiger partial charge in [-0.25, -0.2) is 0 Å². The lowest BCUT2D eigenvalue weighted by Crippen LogP contribution is -2.31. The van der Waals surface area contributed by atoms with Gasteiger partial charge in [0, 0.05) is 10.6 Å². The van der Waals surface area contributed by atoms with Crippen LogP contribution in [-0.4, -0.2) is 30.3 Å². The maximum atomic E-state index is 12.2. The van der Waals surface area contributed by atoms with Crippen LogP contribution in [0.5, 0.6) is 0 Å². The average molecular weight is 288 g/mol. The van der Waals surface area contributed by atoms with E-state index in [-0.39, 0.29) is 5.78 Å². The minimum atomic E-state index is 0.0542. The summed E-state index contributed by atoms with van der Waals surface area (Å²) in [6, 6.07) is 5.01. The number of carbonyl (C=O) groups excluding carboxylic acids is 1. The first kappa shape index (κ1) is 15.5. The van der Waals surface area contributed by atoms with Crippen molar-refractivity contribution < 1.29 is 4.79 Å². The molecule has 0 saturated heterocycles. The minimum absolute atomic E-state index is 0.0542. The highest BCUT2D eigenvalue weighted by atomic mass is 35.5. The molecule has 0 amide bonds. The highest BCUT2D eigenvalue weighted by Gasteiger charge is 2.14. The van der Waals surface area contributed by atoms with Gasteiger partial charge >= 0.3 is 0 Å². The van der Waals surface area contributed by atoms with Crippen molar-refractivity contribution >= 4 is 29.0 Å². The second-order valence-electron chi connectivity index (χ2n) is 4.32. The largest absolute Gasteiger partial charge is 0.296 e. The summed E-state index contributed by atoms with van der Waals surface area (Å²) in [6.07, 6.45) is 2.09. The van der Waals surface area contributed by atoms with E-state index in [4.69, 9.17) is 23.2 Å². The number of hydrogen-bond acceptors (Lipinski definition) is 2. The molecule has 0 fully saturated rings. The minimum Gasteiger partial charge on any atom is -0.296 e. The first-order chi connectivity index (χ1) is 8.58. The molecule has 0 aliphatic heterocycles. The monoisotopic (exact) mass is 287 g/mol. The Balaban J connectivity index is 2.73. The van der Waals surface area contributed by atoms with Crippen molar-refractivity contribution in [2.45, 2.75) is 26.7 Å². The van der Waals surface area contributed by atoms with Gasteiger partial charge in [-0.15, -0.1) is 0 Å². The smallest absolute Gasteiger partial charge is 0.178 e. The molecule has 18 heavy (non-hydrogen) atoms. The number of Topliss-reactive ketones (excluding diaryl/α,β-unsaturated/α-hetero) is 1. The maximum Gasteiger partial charge on any atom is 0.178 e. The molecule has 0 atom stereocenters. The molecule has 0 heterocycles. The molecule has 0 radical (unpaired) electrons. The molecule has 1 aromatic carbocycles. The van der Waals surface area contributed by atoms with E-state index in [1.165, 1.54) is 0 Å². The molecule has 4 heteroatoms. The Morgan fingerprint density at radius 2 is 1.78 bits per heavy atom. The van der Waals surface area contributed by atoms with Crippen LogP contribution in [-0.2, 0) is 0 Å². The van der Waals surface area contributed by atoms with Crippen LogP contribution in [0.2, 0.25) is 10.0 Å². The van der Waals surface area contributed by atoms with E-state index in [0.717, 1.165) is 25.9 Å². The van der Waals surface area contributed by atoms with Crippen molar-refractivity contribution in [2.24, 2.45) is 0 Å². The Kier molecular flexibility index (Phi) is 6.69. The lowest BCUT2D eigenvalue weighted by Gasteiger charge is -2.20. The number of hydrogen-bond donors (Lipinski definition) is 0. The Hall–Kier alpha value is -0.570. The Labute approximate surface area is 119 Å². The van der Waals surface area contributed by atoms with Crippen LogP contribution in [0.25, 0.3) is 0 Å². The fourth-order valence-electron chi connectivity index (χ4n) is 1.91. The lowest BCUT2D eigenvalue weighted by molar-refractivity contribution is 0.0931. The number of benzene rings is 1. The summed E-state index contributed by atoms with van der Waals surface area (Å²) in [7, 11) is 0. The normalized spacial score (nSPS) is 10.9. The predicted octanol–water partition coefficient (Wildman–Crippen LogP) is 4.30. The van der Waals surface area contributed by atoms with Gasteiger partial charge in [-0.2, -0.15) is 0 Å². The van der Waals surface area contributed by atoms with E-state index in [0.29, 0.717) is 22.2 Å². The third-order valence-corrected chi connectivity index (χ3v) is 3.23. The van der Waals surface area contributed by atoms with E-state index in [1.807, 2.05) is 0 Å². The zero-order valence-electron chi connectivity index (χ0n) is 10.9.